The summed E-state index contributed by atoms with van der Waals surface area (Å²) in [5.74, 6) is -0.420. The summed E-state index contributed by atoms with van der Waals surface area (Å²) >= 11 is 6.01. The van der Waals surface area contributed by atoms with E-state index in [0.29, 0.717) is 29.4 Å². The van der Waals surface area contributed by atoms with Gasteiger partial charge >= 0.3 is 0 Å². The standard InChI is InChI=1S/C20H26ClFN4O2/c1-13(4-7-27)25-18-9-19(21)23-11-16(18)20-17(22)8-14(10-24-20)12-26-5-2-15(28)3-6-26/h8-11,13,15,27-28H,2-7,12H2,1H3,(H,23,25)/t13-/m0/s1. The van der Waals surface area contributed by atoms with Crippen LogP contribution in [0.2, 0.25) is 5.15 Å². The summed E-state index contributed by atoms with van der Waals surface area (Å²) in [5, 5.41) is 22.3. The van der Waals surface area contributed by atoms with Gasteiger partial charge in [-0.25, -0.2) is 9.37 Å². The highest BCUT2D eigenvalue weighted by Gasteiger charge is 2.19. The van der Waals surface area contributed by atoms with E-state index in [1.807, 2.05) is 6.92 Å². The van der Waals surface area contributed by atoms with E-state index in [9.17, 15) is 9.50 Å². The SMILES string of the molecule is C[C@@H](CCO)Nc1cc(Cl)ncc1-c1ncc(CN2CCC(O)CC2)cc1F. The molecule has 0 unspecified atom stereocenters. The molecule has 2 aromatic heterocycles. The van der Waals surface area contributed by atoms with Crippen molar-refractivity contribution in [2.45, 2.75) is 44.9 Å². The number of halogens is 2. The van der Waals surface area contributed by atoms with Gasteiger partial charge in [-0.1, -0.05) is 11.6 Å². The molecule has 152 valence electrons. The van der Waals surface area contributed by atoms with Crippen LogP contribution in [0.15, 0.2) is 24.5 Å². The van der Waals surface area contributed by atoms with Crippen molar-refractivity contribution in [3.05, 3.63) is 41.1 Å². The van der Waals surface area contributed by atoms with E-state index < -0.39 is 5.82 Å². The number of aliphatic hydroxyl groups is 2. The molecule has 8 heteroatoms. The fourth-order valence-electron chi connectivity index (χ4n) is 3.37. The van der Waals surface area contributed by atoms with Crippen molar-refractivity contribution < 1.29 is 14.6 Å². The van der Waals surface area contributed by atoms with E-state index in [-0.39, 0.29) is 24.4 Å². The zero-order valence-electron chi connectivity index (χ0n) is 15.9. The van der Waals surface area contributed by atoms with E-state index in [1.165, 1.54) is 12.3 Å². The number of nitrogens with zero attached hydrogens (tertiary/aromatic N) is 3. The van der Waals surface area contributed by atoms with Crippen LogP contribution < -0.4 is 5.32 Å². The van der Waals surface area contributed by atoms with Crippen LogP contribution in [-0.4, -0.2) is 56.9 Å². The Hall–Kier alpha value is -1.80. The lowest BCUT2D eigenvalue weighted by Crippen LogP contribution is -2.35. The first-order valence-electron chi connectivity index (χ1n) is 9.54. The Morgan fingerprint density at radius 2 is 2.04 bits per heavy atom. The van der Waals surface area contributed by atoms with Crippen LogP contribution in [0.4, 0.5) is 10.1 Å². The Kier molecular flexibility index (Phi) is 7.18. The fourth-order valence-corrected chi connectivity index (χ4v) is 3.53. The number of anilines is 1. The van der Waals surface area contributed by atoms with Crippen molar-refractivity contribution in [3.63, 3.8) is 0 Å². The van der Waals surface area contributed by atoms with Crippen molar-refractivity contribution >= 4 is 17.3 Å². The molecule has 0 saturated carbocycles. The summed E-state index contributed by atoms with van der Waals surface area (Å²) in [6, 6.07) is 3.13. The minimum absolute atomic E-state index is 0.0148. The molecule has 1 fully saturated rings. The molecule has 2 aromatic rings. The molecule has 0 bridgehead atoms. The Balaban J connectivity index is 1.80. The van der Waals surface area contributed by atoms with Crippen LogP contribution >= 0.6 is 11.6 Å². The summed E-state index contributed by atoms with van der Waals surface area (Å²) in [6.07, 6.45) is 4.99. The molecule has 0 radical (unpaired) electrons. The Bertz CT molecular complexity index is 800. The van der Waals surface area contributed by atoms with Gasteiger partial charge in [-0.05, 0) is 43.9 Å². The van der Waals surface area contributed by atoms with Gasteiger partial charge in [0.25, 0.3) is 0 Å². The average Bonchev–Trinajstić information content (AvgIpc) is 2.65. The van der Waals surface area contributed by atoms with E-state index in [0.717, 1.165) is 31.5 Å². The molecule has 6 nitrogen and oxygen atoms in total. The van der Waals surface area contributed by atoms with Gasteiger partial charge in [0.1, 0.15) is 16.7 Å². The van der Waals surface area contributed by atoms with Crippen LogP contribution in [0.3, 0.4) is 0 Å². The van der Waals surface area contributed by atoms with Gasteiger partial charge in [0.15, 0.2) is 0 Å². The monoisotopic (exact) mass is 408 g/mol. The first-order chi connectivity index (χ1) is 13.5. The highest BCUT2D eigenvalue weighted by molar-refractivity contribution is 6.29. The van der Waals surface area contributed by atoms with Crippen LogP contribution in [0.5, 0.6) is 0 Å². The second-order valence-electron chi connectivity index (χ2n) is 7.29. The first-order valence-corrected chi connectivity index (χ1v) is 9.92. The number of piperidine rings is 1. The van der Waals surface area contributed by atoms with Gasteiger partial charge < -0.3 is 15.5 Å². The average molecular weight is 409 g/mol. The van der Waals surface area contributed by atoms with Gasteiger partial charge in [0, 0.05) is 55.9 Å². The molecular weight excluding hydrogens is 383 g/mol. The molecule has 1 aliphatic heterocycles. The first kappa shape index (κ1) is 20.9. The smallest absolute Gasteiger partial charge is 0.149 e. The number of aliphatic hydroxyl groups excluding tert-OH is 2. The maximum absolute atomic E-state index is 14.9. The lowest BCUT2D eigenvalue weighted by molar-refractivity contribution is 0.0791. The van der Waals surface area contributed by atoms with Crippen LogP contribution in [0, 0.1) is 5.82 Å². The number of hydrogen-bond donors (Lipinski definition) is 3. The minimum Gasteiger partial charge on any atom is -0.396 e. The zero-order valence-corrected chi connectivity index (χ0v) is 16.7. The summed E-state index contributed by atoms with van der Waals surface area (Å²) in [5.41, 5.74) is 2.16. The summed E-state index contributed by atoms with van der Waals surface area (Å²) in [6.45, 7) is 4.17. The topological polar surface area (TPSA) is 81.5 Å². The third-order valence-corrected chi connectivity index (χ3v) is 5.16. The van der Waals surface area contributed by atoms with E-state index in [4.69, 9.17) is 16.7 Å². The maximum atomic E-state index is 14.9. The van der Waals surface area contributed by atoms with Gasteiger partial charge in [0.2, 0.25) is 0 Å². The quantitative estimate of drug-likeness (QED) is 0.611. The minimum atomic E-state index is -0.420. The number of aromatic nitrogens is 2. The molecule has 0 spiro atoms. The number of nitrogens with one attached hydrogen (secondary N) is 1. The molecule has 0 aromatic carbocycles. The molecule has 3 rings (SSSR count). The largest absolute Gasteiger partial charge is 0.396 e. The number of rotatable bonds is 7. The van der Waals surface area contributed by atoms with Crippen molar-refractivity contribution in [3.8, 4) is 11.3 Å². The molecule has 0 aliphatic carbocycles. The Labute approximate surface area is 169 Å². The lowest BCUT2D eigenvalue weighted by atomic mass is 10.1. The van der Waals surface area contributed by atoms with Crippen molar-refractivity contribution in [2.24, 2.45) is 0 Å². The summed E-state index contributed by atoms with van der Waals surface area (Å²) < 4.78 is 14.9. The molecule has 0 amide bonds. The van der Waals surface area contributed by atoms with E-state index in [1.54, 1.807) is 12.3 Å². The zero-order chi connectivity index (χ0) is 20.1. The normalized spacial score (nSPS) is 16.9. The van der Waals surface area contributed by atoms with Crippen LogP contribution in [-0.2, 0) is 6.54 Å². The maximum Gasteiger partial charge on any atom is 0.149 e. The summed E-state index contributed by atoms with van der Waals surface area (Å²) in [7, 11) is 0. The molecule has 1 atom stereocenters. The van der Waals surface area contributed by atoms with Crippen molar-refractivity contribution in [1.82, 2.24) is 14.9 Å². The Morgan fingerprint density at radius 3 is 2.71 bits per heavy atom. The molecule has 1 saturated heterocycles. The molecule has 28 heavy (non-hydrogen) atoms. The lowest BCUT2D eigenvalue weighted by Gasteiger charge is -2.29. The second kappa shape index (κ2) is 9.60. The van der Waals surface area contributed by atoms with Crippen LogP contribution in [0.25, 0.3) is 11.3 Å². The highest BCUT2D eigenvalue weighted by Crippen LogP contribution is 2.31. The summed E-state index contributed by atoms with van der Waals surface area (Å²) in [4.78, 5) is 10.6. The van der Waals surface area contributed by atoms with Crippen molar-refractivity contribution in [2.75, 3.05) is 25.0 Å². The predicted octanol–water partition coefficient (Wildman–Crippen LogP) is 3.08. The Morgan fingerprint density at radius 1 is 1.29 bits per heavy atom. The van der Waals surface area contributed by atoms with Gasteiger partial charge in [-0.2, -0.15) is 0 Å². The third-order valence-electron chi connectivity index (χ3n) is 4.95. The number of likely N-dealkylation sites (tertiary alicyclic amines) is 1. The second-order valence-corrected chi connectivity index (χ2v) is 7.68. The fraction of sp³-hybridized carbons (Fsp3) is 0.500. The highest BCUT2D eigenvalue weighted by atomic mass is 35.5. The molecule has 3 N–H and O–H groups in total. The van der Waals surface area contributed by atoms with Gasteiger partial charge in [-0.15, -0.1) is 0 Å². The number of hydrogen-bond acceptors (Lipinski definition) is 6. The van der Waals surface area contributed by atoms with Crippen LogP contribution in [0.1, 0.15) is 31.7 Å². The number of pyridine rings is 2. The predicted molar refractivity (Wildman–Crippen MR) is 108 cm³/mol. The third kappa shape index (κ3) is 5.38. The van der Waals surface area contributed by atoms with Gasteiger partial charge in [0.05, 0.1) is 6.10 Å². The molecule has 1 aliphatic rings. The van der Waals surface area contributed by atoms with Crippen molar-refractivity contribution in [1.29, 1.82) is 0 Å². The molecule has 3 heterocycles. The van der Waals surface area contributed by atoms with E-state index >= 15 is 0 Å². The molecular formula is C20H26ClFN4O2. The van der Waals surface area contributed by atoms with E-state index in [2.05, 4.69) is 20.2 Å². The van der Waals surface area contributed by atoms with Gasteiger partial charge in [-0.3, -0.25) is 9.88 Å².